The summed E-state index contributed by atoms with van der Waals surface area (Å²) in [4.78, 5) is 17.0. The lowest BCUT2D eigenvalue weighted by atomic mass is 9.59. The minimum Gasteiger partial charge on any atom is -0.462 e. The highest BCUT2D eigenvalue weighted by Crippen LogP contribution is 2.52. The zero-order valence-electron chi connectivity index (χ0n) is 17.6. The van der Waals surface area contributed by atoms with Crippen LogP contribution < -0.4 is 0 Å². The number of benzene rings is 1. The van der Waals surface area contributed by atoms with Crippen molar-refractivity contribution in [1.29, 1.82) is 0 Å². The van der Waals surface area contributed by atoms with E-state index in [1.165, 1.54) is 25.7 Å². The number of esters is 1. The fraction of sp³-hybridized carbons (Fsp3) is 0.462. The monoisotopic (exact) mass is 455 g/mol. The van der Waals surface area contributed by atoms with Crippen LogP contribution in [0.3, 0.4) is 0 Å². The van der Waals surface area contributed by atoms with E-state index in [0.29, 0.717) is 27.8 Å². The molecule has 2 aliphatic carbocycles. The summed E-state index contributed by atoms with van der Waals surface area (Å²) >= 11 is 12.5. The van der Waals surface area contributed by atoms with Crippen LogP contribution in [0.2, 0.25) is 10.0 Å². The Labute approximate surface area is 193 Å². The molecule has 3 aliphatic rings. The molecule has 0 amide bonds. The largest absolute Gasteiger partial charge is 0.462 e. The SMILES string of the molecule is C[C@@H]1C(=O)O[C@@H]2C[C@@H]3CCCC[C@H]3C(C=Cc3ccc(-c4cc(Cl)ccc4Cl)cn3)[C@@H]12. The second kappa shape index (κ2) is 8.60. The van der Waals surface area contributed by atoms with Gasteiger partial charge in [0.1, 0.15) is 6.10 Å². The molecule has 1 unspecified atom stereocenters. The first kappa shape index (κ1) is 21.0. The van der Waals surface area contributed by atoms with Gasteiger partial charge < -0.3 is 4.74 Å². The van der Waals surface area contributed by atoms with Crippen molar-refractivity contribution in [2.24, 2.45) is 29.6 Å². The molecule has 5 heteroatoms. The van der Waals surface area contributed by atoms with Crippen LogP contribution in [-0.2, 0) is 9.53 Å². The molecule has 3 fully saturated rings. The van der Waals surface area contributed by atoms with E-state index >= 15 is 0 Å². The Morgan fingerprint density at radius 1 is 1.13 bits per heavy atom. The highest BCUT2D eigenvalue weighted by Gasteiger charge is 2.53. The molecule has 1 aromatic carbocycles. The van der Waals surface area contributed by atoms with Gasteiger partial charge in [0.15, 0.2) is 0 Å². The van der Waals surface area contributed by atoms with Crippen LogP contribution in [0.15, 0.2) is 42.6 Å². The van der Waals surface area contributed by atoms with E-state index < -0.39 is 0 Å². The average molecular weight is 456 g/mol. The standard InChI is InChI=1S/C26H27Cl2NO2/c1-15-25-21(20-5-3-2-4-16(20)12-24(25)31-26(15)30)10-9-19-8-6-17(14-29-19)22-13-18(27)7-11-23(22)28/h6-11,13-16,20-21,24-25H,2-5,12H2,1H3/t15-,16-,20+,21?,24+,25+/m0/s1. The molecular formula is C26H27Cl2NO2. The van der Waals surface area contributed by atoms with Gasteiger partial charge in [-0.15, -0.1) is 0 Å². The number of halogens is 2. The van der Waals surface area contributed by atoms with Gasteiger partial charge in [0.2, 0.25) is 0 Å². The van der Waals surface area contributed by atoms with Crippen LogP contribution in [0, 0.1) is 29.6 Å². The van der Waals surface area contributed by atoms with Gasteiger partial charge in [0, 0.05) is 33.3 Å². The lowest BCUT2D eigenvalue weighted by Gasteiger charge is -2.46. The van der Waals surface area contributed by atoms with E-state index in [0.717, 1.165) is 23.2 Å². The Balaban J connectivity index is 1.40. The zero-order chi connectivity index (χ0) is 21.5. The summed E-state index contributed by atoms with van der Waals surface area (Å²) in [5, 5.41) is 1.31. The Morgan fingerprint density at radius 2 is 1.97 bits per heavy atom. The van der Waals surface area contributed by atoms with E-state index in [-0.39, 0.29) is 23.9 Å². The van der Waals surface area contributed by atoms with Crippen molar-refractivity contribution >= 4 is 35.2 Å². The fourth-order valence-electron chi connectivity index (χ4n) is 6.08. The molecule has 3 nitrogen and oxygen atoms in total. The molecule has 5 rings (SSSR count). The first-order chi connectivity index (χ1) is 15.0. The van der Waals surface area contributed by atoms with Gasteiger partial charge >= 0.3 is 5.97 Å². The summed E-state index contributed by atoms with van der Waals surface area (Å²) in [5.41, 5.74) is 2.74. The van der Waals surface area contributed by atoms with Crippen molar-refractivity contribution in [3.63, 3.8) is 0 Å². The second-order valence-corrected chi connectivity index (χ2v) is 10.2. The average Bonchev–Trinajstić information content (AvgIpc) is 3.06. The maximum Gasteiger partial charge on any atom is 0.309 e. The number of pyridine rings is 1. The summed E-state index contributed by atoms with van der Waals surface area (Å²) in [6.07, 6.45) is 12.5. The Bertz CT molecular complexity index is 1000. The number of carbonyl (C=O) groups is 1. The quantitative estimate of drug-likeness (QED) is 0.464. The predicted molar refractivity (Wildman–Crippen MR) is 125 cm³/mol. The molecule has 1 aliphatic heterocycles. The van der Waals surface area contributed by atoms with Crippen molar-refractivity contribution < 1.29 is 9.53 Å². The molecule has 2 heterocycles. The van der Waals surface area contributed by atoms with Crippen LogP contribution in [0.5, 0.6) is 0 Å². The lowest BCUT2D eigenvalue weighted by Crippen LogP contribution is -2.43. The zero-order valence-corrected chi connectivity index (χ0v) is 19.1. The highest BCUT2D eigenvalue weighted by molar-refractivity contribution is 6.35. The third-order valence-electron chi connectivity index (χ3n) is 7.60. The smallest absolute Gasteiger partial charge is 0.309 e. The molecule has 0 bridgehead atoms. The topological polar surface area (TPSA) is 39.2 Å². The first-order valence-electron chi connectivity index (χ1n) is 11.3. The molecule has 31 heavy (non-hydrogen) atoms. The molecule has 0 spiro atoms. The number of hydrogen-bond donors (Lipinski definition) is 0. The number of nitrogens with zero attached hydrogens (tertiary/aromatic N) is 1. The molecule has 162 valence electrons. The summed E-state index contributed by atoms with van der Waals surface area (Å²) < 4.78 is 5.78. The maximum absolute atomic E-state index is 12.3. The van der Waals surface area contributed by atoms with Crippen molar-refractivity contribution in [2.75, 3.05) is 0 Å². The van der Waals surface area contributed by atoms with Gasteiger partial charge in [-0.3, -0.25) is 9.78 Å². The summed E-state index contributed by atoms with van der Waals surface area (Å²) in [6, 6.07) is 9.50. The van der Waals surface area contributed by atoms with Crippen LogP contribution >= 0.6 is 23.2 Å². The Morgan fingerprint density at radius 3 is 2.77 bits per heavy atom. The van der Waals surface area contributed by atoms with Gasteiger partial charge in [0.05, 0.1) is 11.6 Å². The number of ether oxygens (including phenoxy) is 1. The number of allylic oxidation sites excluding steroid dienone is 1. The maximum atomic E-state index is 12.3. The number of carbonyl (C=O) groups excluding carboxylic acids is 1. The van der Waals surface area contributed by atoms with Gasteiger partial charge in [-0.25, -0.2) is 0 Å². The number of fused-ring (bicyclic) bond motifs is 2. The van der Waals surface area contributed by atoms with Crippen molar-refractivity contribution in [3.8, 4) is 11.1 Å². The van der Waals surface area contributed by atoms with Crippen LogP contribution in [0.25, 0.3) is 17.2 Å². The molecular weight excluding hydrogens is 429 g/mol. The van der Waals surface area contributed by atoms with Crippen LogP contribution in [-0.4, -0.2) is 17.1 Å². The van der Waals surface area contributed by atoms with E-state index in [4.69, 9.17) is 27.9 Å². The van der Waals surface area contributed by atoms with E-state index in [1.807, 2.05) is 31.3 Å². The number of aromatic nitrogens is 1. The third kappa shape index (κ3) is 4.03. The summed E-state index contributed by atoms with van der Waals surface area (Å²) in [6.45, 7) is 2.04. The van der Waals surface area contributed by atoms with Gasteiger partial charge in [-0.1, -0.05) is 61.5 Å². The summed E-state index contributed by atoms with van der Waals surface area (Å²) in [7, 11) is 0. The minimum atomic E-state index is -0.0252. The summed E-state index contributed by atoms with van der Waals surface area (Å²) in [5.74, 6) is 1.92. The normalized spacial score (nSPS) is 32.5. The second-order valence-electron chi connectivity index (χ2n) is 9.32. The van der Waals surface area contributed by atoms with Gasteiger partial charge in [-0.2, -0.15) is 0 Å². The van der Waals surface area contributed by atoms with E-state index in [2.05, 4.69) is 17.1 Å². The van der Waals surface area contributed by atoms with Crippen molar-refractivity contribution in [3.05, 3.63) is 58.3 Å². The molecule has 1 aromatic heterocycles. The van der Waals surface area contributed by atoms with Crippen LogP contribution in [0.4, 0.5) is 0 Å². The van der Waals surface area contributed by atoms with Gasteiger partial charge in [0.25, 0.3) is 0 Å². The Hall–Kier alpha value is -1.84. The highest BCUT2D eigenvalue weighted by atomic mass is 35.5. The van der Waals surface area contributed by atoms with E-state index in [1.54, 1.807) is 12.1 Å². The van der Waals surface area contributed by atoms with Gasteiger partial charge in [-0.05, 0) is 60.9 Å². The van der Waals surface area contributed by atoms with E-state index in [9.17, 15) is 4.79 Å². The van der Waals surface area contributed by atoms with Crippen LogP contribution in [0.1, 0.15) is 44.7 Å². The number of rotatable bonds is 3. The fourth-order valence-corrected chi connectivity index (χ4v) is 6.48. The molecule has 2 saturated carbocycles. The number of hydrogen-bond acceptors (Lipinski definition) is 3. The molecule has 6 atom stereocenters. The lowest BCUT2D eigenvalue weighted by molar-refractivity contribution is -0.145. The molecule has 2 aromatic rings. The van der Waals surface area contributed by atoms with Crippen molar-refractivity contribution in [2.45, 2.75) is 45.1 Å². The third-order valence-corrected chi connectivity index (χ3v) is 8.17. The Kier molecular flexibility index (Phi) is 5.83. The minimum absolute atomic E-state index is 0.0204. The first-order valence-corrected chi connectivity index (χ1v) is 12.1. The van der Waals surface area contributed by atoms with Crippen molar-refractivity contribution in [1.82, 2.24) is 4.98 Å². The molecule has 0 radical (unpaired) electrons. The predicted octanol–water partition coefficient (Wildman–Crippen LogP) is 7.07. The molecule has 0 N–H and O–H groups in total. The molecule has 1 saturated heterocycles.